The highest BCUT2D eigenvalue weighted by Gasteiger charge is 2.13. The van der Waals surface area contributed by atoms with Gasteiger partial charge in [0.25, 0.3) is 11.6 Å². The van der Waals surface area contributed by atoms with Gasteiger partial charge in [0.15, 0.2) is 0 Å². The molecule has 2 rings (SSSR count). The van der Waals surface area contributed by atoms with Crippen LogP contribution in [-0.2, 0) is 0 Å². The van der Waals surface area contributed by atoms with Gasteiger partial charge in [0.1, 0.15) is 5.82 Å². The molecule has 1 amide bonds. The predicted octanol–water partition coefficient (Wildman–Crippen LogP) is 3.20. The monoisotopic (exact) mass is 315 g/mol. The summed E-state index contributed by atoms with van der Waals surface area (Å²) in [5.41, 5.74) is 4.17. The first kappa shape index (κ1) is 16.3. The minimum atomic E-state index is -0.506. The molecule has 1 N–H and O–H groups in total. The van der Waals surface area contributed by atoms with Crippen LogP contribution in [0.15, 0.2) is 47.6 Å². The van der Waals surface area contributed by atoms with Crippen LogP contribution in [0.1, 0.15) is 28.4 Å². The second-order valence-electron chi connectivity index (χ2n) is 4.90. The van der Waals surface area contributed by atoms with Gasteiger partial charge in [0.2, 0.25) is 0 Å². The van der Waals surface area contributed by atoms with E-state index in [2.05, 4.69) is 10.5 Å². The third kappa shape index (κ3) is 3.97. The number of benzene rings is 2. The van der Waals surface area contributed by atoms with E-state index in [0.717, 1.165) is 0 Å². The van der Waals surface area contributed by atoms with Gasteiger partial charge in [-0.25, -0.2) is 9.82 Å². The average molecular weight is 315 g/mol. The van der Waals surface area contributed by atoms with Crippen molar-refractivity contribution in [3.05, 3.63) is 75.1 Å². The van der Waals surface area contributed by atoms with E-state index in [9.17, 15) is 19.3 Å². The standard InChI is InChI=1S/C16H14FN3O3/c1-10-9-13(5-8-15(10)20(22)23)16(21)19-18-11(2)12-3-6-14(17)7-4-12/h3-9H,1-2H3,(H,19,21). The molecule has 0 fully saturated rings. The van der Waals surface area contributed by atoms with Crippen LogP contribution in [0.3, 0.4) is 0 Å². The molecule has 6 nitrogen and oxygen atoms in total. The third-order valence-corrected chi connectivity index (χ3v) is 3.24. The number of halogens is 1. The molecule has 118 valence electrons. The number of nitrogens with one attached hydrogen (secondary N) is 1. The Kier molecular flexibility index (Phi) is 4.80. The molecule has 0 radical (unpaired) electrons. The second-order valence-corrected chi connectivity index (χ2v) is 4.90. The molecule has 2 aromatic carbocycles. The Hall–Kier alpha value is -3.09. The van der Waals surface area contributed by atoms with Crippen LogP contribution in [0.2, 0.25) is 0 Å². The zero-order chi connectivity index (χ0) is 17.0. The van der Waals surface area contributed by atoms with Crippen molar-refractivity contribution in [2.24, 2.45) is 5.10 Å². The first-order valence-electron chi connectivity index (χ1n) is 6.74. The quantitative estimate of drug-likeness (QED) is 0.534. The first-order valence-corrected chi connectivity index (χ1v) is 6.74. The number of aryl methyl sites for hydroxylation is 1. The fourth-order valence-corrected chi connectivity index (χ4v) is 1.96. The van der Waals surface area contributed by atoms with E-state index in [1.165, 1.54) is 30.3 Å². The Morgan fingerprint density at radius 3 is 2.35 bits per heavy atom. The van der Waals surface area contributed by atoms with Crippen molar-refractivity contribution in [3.63, 3.8) is 0 Å². The average Bonchev–Trinajstić information content (AvgIpc) is 2.52. The largest absolute Gasteiger partial charge is 0.272 e. The van der Waals surface area contributed by atoms with Crippen molar-refractivity contribution in [2.45, 2.75) is 13.8 Å². The number of amides is 1. The van der Waals surface area contributed by atoms with Crippen molar-refractivity contribution in [3.8, 4) is 0 Å². The van der Waals surface area contributed by atoms with Gasteiger partial charge >= 0.3 is 0 Å². The number of carbonyl (C=O) groups excluding carboxylic acids is 1. The molecule has 0 aliphatic rings. The van der Waals surface area contributed by atoms with Crippen LogP contribution in [0.5, 0.6) is 0 Å². The number of nitro benzene ring substituents is 1. The summed E-state index contributed by atoms with van der Waals surface area (Å²) < 4.78 is 12.9. The lowest BCUT2D eigenvalue weighted by atomic mass is 10.1. The lowest BCUT2D eigenvalue weighted by molar-refractivity contribution is -0.385. The Balaban J connectivity index is 2.12. The van der Waals surface area contributed by atoms with Crippen molar-refractivity contribution >= 4 is 17.3 Å². The number of nitro groups is 1. The molecular weight excluding hydrogens is 301 g/mol. The molecule has 23 heavy (non-hydrogen) atoms. The molecule has 0 aromatic heterocycles. The molecule has 0 bridgehead atoms. The number of nitrogens with zero attached hydrogens (tertiary/aromatic N) is 2. The molecule has 0 unspecified atom stereocenters. The Bertz CT molecular complexity index is 786. The maximum absolute atomic E-state index is 12.9. The van der Waals surface area contributed by atoms with Crippen LogP contribution in [0.25, 0.3) is 0 Å². The number of hydrazone groups is 1. The second kappa shape index (κ2) is 6.78. The molecule has 0 aliphatic heterocycles. The van der Waals surface area contributed by atoms with E-state index < -0.39 is 10.8 Å². The lowest BCUT2D eigenvalue weighted by Crippen LogP contribution is -2.19. The van der Waals surface area contributed by atoms with Gasteiger partial charge in [-0.15, -0.1) is 0 Å². The Morgan fingerprint density at radius 1 is 1.17 bits per heavy atom. The maximum atomic E-state index is 12.9. The van der Waals surface area contributed by atoms with E-state index in [4.69, 9.17) is 0 Å². The molecular formula is C16H14FN3O3. The number of rotatable bonds is 4. The van der Waals surface area contributed by atoms with Crippen molar-refractivity contribution in [1.29, 1.82) is 0 Å². The number of hydrogen-bond acceptors (Lipinski definition) is 4. The highest BCUT2D eigenvalue weighted by molar-refractivity contribution is 6.00. The van der Waals surface area contributed by atoms with Crippen molar-refractivity contribution < 1.29 is 14.1 Å². The molecule has 0 spiro atoms. The van der Waals surface area contributed by atoms with Gasteiger partial charge in [0, 0.05) is 17.2 Å². The summed E-state index contributed by atoms with van der Waals surface area (Å²) in [5, 5.41) is 14.7. The summed E-state index contributed by atoms with van der Waals surface area (Å²) in [7, 11) is 0. The molecule has 7 heteroatoms. The summed E-state index contributed by atoms with van der Waals surface area (Å²) in [6.07, 6.45) is 0. The molecule has 0 saturated heterocycles. The first-order chi connectivity index (χ1) is 10.9. The highest BCUT2D eigenvalue weighted by atomic mass is 19.1. The fraction of sp³-hybridized carbons (Fsp3) is 0.125. The lowest BCUT2D eigenvalue weighted by Gasteiger charge is -2.04. The van der Waals surface area contributed by atoms with E-state index in [1.54, 1.807) is 26.0 Å². The minimum Gasteiger partial charge on any atom is -0.267 e. The number of carbonyl (C=O) groups is 1. The smallest absolute Gasteiger partial charge is 0.267 e. The predicted molar refractivity (Wildman–Crippen MR) is 83.9 cm³/mol. The van der Waals surface area contributed by atoms with Crippen LogP contribution < -0.4 is 5.43 Å². The maximum Gasteiger partial charge on any atom is 0.272 e. The molecule has 0 heterocycles. The van der Waals surface area contributed by atoms with Gasteiger partial charge in [-0.05, 0) is 43.7 Å². The summed E-state index contributed by atoms with van der Waals surface area (Å²) in [4.78, 5) is 22.3. The Labute approximate surface area is 131 Å². The van der Waals surface area contributed by atoms with E-state index in [1.807, 2.05) is 0 Å². The molecule has 0 atom stereocenters. The van der Waals surface area contributed by atoms with E-state index in [0.29, 0.717) is 16.8 Å². The zero-order valence-corrected chi connectivity index (χ0v) is 12.5. The molecule has 0 saturated carbocycles. The summed E-state index contributed by atoms with van der Waals surface area (Å²) in [5.74, 6) is -0.837. The summed E-state index contributed by atoms with van der Waals surface area (Å²) in [6, 6.07) is 9.78. The Morgan fingerprint density at radius 2 is 1.78 bits per heavy atom. The SMILES string of the molecule is CC(=NNC(=O)c1ccc([N+](=O)[O-])c(C)c1)c1ccc(F)cc1. The van der Waals surface area contributed by atoms with Crippen molar-refractivity contribution in [1.82, 2.24) is 5.43 Å². The van der Waals surface area contributed by atoms with Crippen LogP contribution in [0.4, 0.5) is 10.1 Å². The van der Waals surface area contributed by atoms with Crippen LogP contribution in [0, 0.1) is 22.9 Å². The van der Waals surface area contributed by atoms with Gasteiger partial charge in [-0.2, -0.15) is 5.10 Å². The molecule has 2 aromatic rings. The summed E-state index contributed by atoms with van der Waals surface area (Å²) in [6.45, 7) is 3.23. The summed E-state index contributed by atoms with van der Waals surface area (Å²) >= 11 is 0. The zero-order valence-electron chi connectivity index (χ0n) is 12.5. The topological polar surface area (TPSA) is 84.6 Å². The minimum absolute atomic E-state index is 0.0486. The van der Waals surface area contributed by atoms with Gasteiger partial charge in [-0.3, -0.25) is 14.9 Å². The fourth-order valence-electron chi connectivity index (χ4n) is 1.96. The van der Waals surface area contributed by atoms with Crippen molar-refractivity contribution in [2.75, 3.05) is 0 Å². The van der Waals surface area contributed by atoms with Crippen LogP contribution >= 0.6 is 0 Å². The van der Waals surface area contributed by atoms with Gasteiger partial charge in [0.05, 0.1) is 10.6 Å². The van der Waals surface area contributed by atoms with Gasteiger partial charge < -0.3 is 0 Å². The third-order valence-electron chi connectivity index (χ3n) is 3.24. The highest BCUT2D eigenvalue weighted by Crippen LogP contribution is 2.18. The van der Waals surface area contributed by atoms with Crippen LogP contribution in [-0.4, -0.2) is 16.5 Å². The number of hydrogen-bond donors (Lipinski definition) is 1. The van der Waals surface area contributed by atoms with E-state index in [-0.39, 0.29) is 17.1 Å². The van der Waals surface area contributed by atoms with E-state index >= 15 is 0 Å². The normalized spacial score (nSPS) is 11.2. The van der Waals surface area contributed by atoms with Gasteiger partial charge in [-0.1, -0.05) is 12.1 Å². The molecule has 0 aliphatic carbocycles.